The fourth-order valence-corrected chi connectivity index (χ4v) is 2.81. The molecule has 0 spiro atoms. The molecule has 1 amide bonds. The summed E-state index contributed by atoms with van der Waals surface area (Å²) in [6.07, 6.45) is 0.396. The van der Waals surface area contributed by atoms with Crippen molar-refractivity contribution in [2.75, 3.05) is 26.0 Å². The van der Waals surface area contributed by atoms with Crippen LogP contribution in [-0.2, 0) is 11.3 Å². The first-order valence-corrected chi connectivity index (χ1v) is 8.52. The predicted octanol–water partition coefficient (Wildman–Crippen LogP) is 3.61. The number of fused-ring (bicyclic) bond motifs is 1. The number of aryl methyl sites for hydroxylation is 1. The van der Waals surface area contributed by atoms with Gasteiger partial charge in [0.15, 0.2) is 5.82 Å². The van der Waals surface area contributed by atoms with E-state index >= 15 is 0 Å². The van der Waals surface area contributed by atoms with Gasteiger partial charge in [0, 0.05) is 25.6 Å². The highest BCUT2D eigenvalue weighted by atomic mass is 16.5. The van der Waals surface area contributed by atoms with E-state index in [4.69, 9.17) is 9.26 Å². The summed E-state index contributed by atoms with van der Waals surface area (Å²) in [4.78, 5) is 14.1. The Morgan fingerprint density at radius 1 is 1.19 bits per heavy atom. The maximum Gasteiger partial charge on any atom is 0.226 e. The highest BCUT2D eigenvalue weighted by Gasteiger charge is 2.08. The van der Waals surface area contributed by atoms with Crippen LogP contribution in [0.1, 0.15) is 17.7 Å². The van der Waals surface area contributed by atoms with Gasteiger partial charge >= 0.3 is 0 Å². The molecule has 0 radical (unpaired) electrons. The van der Waals surface area contributed by atoms with Crippen molar-refractivity contribution in [3.8, 4) is 5.75 Å². The number of nitrogens with one attached hydrogen (secondary N) is 1. The Balaban J connectivity index is 1.53. The molecular weight excluding hydrogens is 330 g/mol. The zero-order valence-electron chi connectivity index (χ0n) is 15.3. The van der Waals surface area contributed by atoms with E-state index in [-0.39, 0.29) is 5.91 Å². The summed E-state index contributed by atoms with van der Waals surface area (Å²) < 4.78 is 10.2. The van der Waals surface area contributed by atoms with E-state index in [0.717, 1.165) is 17.7 Å². The number of carbonyl (C=O) groups excluding carboxylic acids is 1. The molecule has 0 fully saturated rings. The molecule has 1 heterocycles. The molecule has 0 saturated heterocycles. The molecule has 0 bridgehead atoms. The molecule has 0 aliphatic carbocycles. The number of ether oxygens (including phenoxy) is 1. The minimum absolute atomic E-state index is 0.0734. The smallest absolute Gasteiger partial charge is 0.226 e. The molecule has 3 rings (SSSR count). The lowest BCUT2D eigenvalue weighted by Gasteiger charge is -2.16. The lowest BCUT2D eigenvalue weighted by molar-refractivity contribution is -0.116. The number of amides is 1. The Morgan fingerprint density at radius 3 is 2.69 bits per heavy atom. The molecular formula is C20H23N3O3. The number of nitrogens with zero attached hydrogens (tertiary/aromatic N) is 2. The van der Waals surface area contributed by atoms with E-state index in [9.17, 15) is 4.79 Å². The first-order chi connectivity index (χ1) is 12.5. The van der Waals surface area contributed by atoms with Gasteiger partial charge in [0.2, 0.25) is 5.91 Å². The summed E-state index contributed by atoms with van der Waals surface area (Å²) >= 11 is 0. The minimum atomic E-state index is -0.0734. The number of hydrogen-bond donors (Lipinski definition) is 1. The van der Waals surface area contributed by atoms with Crippen LogP contribution >= 0.6 is 0 Å². The molecule has 0 aliphatic heterocycles. The fraction of sp³-hybridized carbons (Fsp3) is 0.300. The summed E-state index contributed by atoms with van der Waals surface area (Å²) in [6.45, 7) is 3.22. The molecule has 136 valence electrons. The van der Waals surface area contributed by atoms with Crippen LogP contribution in [0, 0.1) is 6.92 Å². The van der Waals surface area contributed by atoms with Gasteiger partial charge in [0.05, 0.1) is 7.11 Å². The number of benzene rings is 2. The van der Waals surface area contributed by atoms with Crippen molar-refractivity contribution < 1.29 is 14.1 Å². The third-order valence-electron chi connectivity index (χ3n) is 4.18. The number of hydrogen-bond acceptors (Lipinski definition) is 5. The van der Waals surface area contributed by atoms with Gasteiger partial charge in [-0.2, -0.15) is 0 Å². The second-order valence-corrected chi connectivity index (χ2v) is 6.41. The summed E-state index contributed by atoms with van der Waals surface area (Å²) in [5.74, 6) is 1.91. The van der Waals surface area contributed by atoms with Crippen LogP contribution in [0.2, 0.25) is 0 Å². The molecule has 0 aliphatic rings. The van der Waals surface area contributed by atoms with Crippen LogP contribution in [0.5, 0.6) is 5.75 Å². The van der Waals surface area contributed by atoms with Crippen molar-refractivity contribution in [3.63, 3.8) is 0 Å². The maximum atomic E-state index is 12.0. The average Bonchev–Trinajstić information content (AvgIpc) is 3.04. The van der Waals surface area contributed by atoms with Gasteiger partial charge in [-0.15, -0.1) is 0 Å². The fourth-order valence-electron chi connectivity index (χ4n) is 2.81. The number of anilines is 1. The molecule has 6 nitrogen and oxygen atoms in total. The SMILES string of the molecule is COc1ccc2cc(CN(C)CCC(=O)Nc3cc(C)on3)ccc2c1. The molecule has 1 aromatic heterocycles. The van der Waals surface area contributed by atoms with E-state index in [1.165, 1.54) is 10.9 Å². The van der Waals surface area contributed by atoms with Gasteiger partial charge in [0.1, 0.15) is 11.5 Å². The molecule has 26 heavy (non-hydrogen) atoms. The van der Waals surface area contributed by atoms with Gasteiger partial charge < -0.3 is 19.5 Å². The second kappa shape index (κ2) is 8.01. The highest BCUT2D eigenvalue weighted by Crippen LogP contribution is 2.22. The largest absolute Gasteiger partial charge is 0.497 e. The maximum absolute atomic E-state index is 12.0. The average molecular weight is 353 g/mol. The molecule has 0 atom stereocenters. The summed E-state index contributed by atoms with van der Waals surface area (Å²) in [6, 6.07) is 14.1. The number of methoxy groups -OCH3 is 1. The Bertz CT molecular complexity index is 904. The van der Waals surface area contributed by atoms with Crippen LogP contribution in [0.4, 0.5) is 5.82 Å². The van der Waals surface area contributed by atoms with E-state index in [0.29, 0.717) is 24.5 Å². The zero-order valence-corrected chi connectivity index (χ0v) is 15.3. The van der Waals surface area contributed by atoms with Crippen molar-refractivity contribution in [1.29, 1.82) is 0 Å². The molecule has 2 aromatic carbocycles. The van der Waals surface area contributed by atoms with Crippen molar-refractivity contribution in [2.45, 2.75) is 19.9 Å². The highest BCUT2D eigenvalue weighted by molar-refractivity contribution is 5.89. The zero-order chi connectivity index (χ0) is 18.5. The van der Waals surface area contributed by atoms with E-state index < -0.39 is 0 Å². The van der Waals surface area contributed by atoms with Crippen molar-refractivity contribution in [3.05, 3.63) is 53.8 Å². The standard InChI is InChI=1S/C20H23N3O3/c1-14-10-19(22-26-14)21-20(24)8-9-23(2)13-15-4-5-17-12-18(25-3)7-6-16(17)11-15/h4-7,10-12H,8-9,13H2,1-3H3,(H,21,22,24). The predicted molar refractivity (Wildman–Crippen MR) is 101 cm³/mol. The lowest BCUT2D eigenvalue weighted by atomic mass is 10.1. The molecule has 6 heteroatoms. The first-order valence-electron chi connectivity index (χ1n) is 8.52. The second-order valence-electron chi connectivity index (χ2n) is 6.41. The Labute approximate surface area is 152 Å². The molecule has 0 saturated carbocycles. The lowest BCUT2D eigenvalue weighted by Crippen LogP contribution is -2.24. The number of aromatic nitrogens is 1. The normalized spacial score (nSPS) is 11.1. The van der Waals surface area contributed by atoms with Crippen molar-refractivity contribution in [2.24, 2.45) is 0 Å². The van der Waals surface area contributed by atoms with Gasteiger partial charge in [-0.3, -0.25) is 4.79 Å². The Kier molecular flexibility index (Phi) is 5.53. The third kappa shape index (κ3) is 4.61. The van der Waals surface area contributed by atoms with Gasteiger partial charge in [0.25, 0.3) is 0 Å². The van der Waals surface area contributed by atoms with Crippen LogP contribution in [0.25, 0.3) is 10.8 Å². The molecule has 0 unspecified atom stereocenters. The molecule has 3 aromatic rings. The van der Waals surface area contributed by atoms with E-state index in [2.05, 4.69) is 39.6 Å². The van der Waals surface area contributed by atoms with Crippen molar-refractivity contribution >= 4 is 22.5 Å². The van der Waals surface area contributed by atoms with E-state index in [1.807, 2.05) is 19.2 Å². The van der Waals surface area contributed by atoms with E-state index in [1.54, 1.807) is 20.1 Å². The van der Waals surface area contributed by atoms with Crippen LogP contribution in [0.15, 0.2) is 47.0 Å². The van der Waals surface area contributed by atoms with Crippen molar-refractivity contribution in [1.82, 2.24) is 10.1 Å². The van der Waals surface area contributed by atoms with Gasteiger partial charge in [-0.1, -0.05) is 23.4 Å². The van der Waals surface area contributed by atoms with Gasteiger partial charge in [-0.05, 0) is 48.5 Å². The minimum Gasteiger partial charge on any atom is -0.497 e. The third-order valence-corrected chi connectivity index (χ3v) is 4.18. The summed E-state index contributed by atoms with van der Waals surface area (Å²) in [5.41, 5.74) is 1.21. The van der Waals surface area contributed by atoms with Crippen LogP contribution < -0.4 is 10.1 Å². The Morgan fingerprint density at radius 2 is 1.96 bits per heavy atom. The van der Waals surface area contributed by atoms with Crippen LogP contribution in [0.3, 0.4) is 0 Å². The topological polar surface area (TPSA) is 67.6 Å². The van der Waals surface area contributed by atoms with Gasteiger partial charge in [-0.25, -0.2) is 0 Å². The Hall–Kier alpha value is -2.86. The number of rotatable bonds is 7. The number of carbonyl (C=O) groups is 1. The summed E-state index contributed by atoms with van der Waals surface area (Å²) in [7, 11) is 3.68. The quantitative estimate of drug-likeness (QED) is 0.703. The summed E-state index contributed by atoms with van der Waals surface area (Å²) in [5, 5.41) is 8.82. The monoisotopic (exact) mass is 353 g/mol. The van der Waals surface area contributed by atoms with Crippen LogP contribution in [-0.4, -0.2) is 36.7 Å². The molecule has 1 N–H and O–H groups in total. The first kappa shape index (κ1) is 17.9.